The third-order valence-electron chi connectivity index (χ3n) is 2.84. The maximum absolute atomic E-state index is 8.99. The van der Waals surface area contributed by atoms with Crippen molar-refractivity contribution in [3.05, 3.63) is 42.0 Å². The number of nitriles is 1. The van der Waals surface area contributed by atoms with Crippen molar-refractivity contribution in [3.8, 4) is 6.07 Å². The first kappa shape index (κ1) is 9.95. The zero-order valence-corrected chi connectivity index (χ0v) is 8.85. The summed E-state index contributed by atoms with van der Waals surface area (Å²) in [6, 6.07) is 12.5. The molecule has 0 spiro atoms. The fourth-order valence-electron chi connectivity index (χ4n) is 1.87. The smallest absolute Gasteiger partial charge is 0.117 e. The van der Waals surface area contributed by atoms with Gasteiger partial charge in [-0.3, -0.25) is 4.90 Å². The average Bonchev–Trinajstić information content (AvgIpc) is 2.31. The van der Waals surface area contributed by atoms with E-state index < -0.39 is 0 Å². The number of nitrogens with zero attached hydrogens (tertiary/aromatic N) is 2. The van der Waals surface area contributed by atoms with Gasteiger partial charge in [0.05, 0.1) is 6.07 Å². The van der Waals surface area contributed by atoms with Crippen LogP contribution >= 0.6 is 0 Å². The van der Waals surface area contributed by atoms with Crippen molar-refractivity contribution >= 4 is 5.57 Å². The van der Waals surface area contributed by atoms with Crippen molar-refractivity contribution in [1.82, 2.24) is 4.90 Å². The molecule has 2 nitrogen and oxygen atoms in total. The van der Waals surface area contributed by atoms with Crippen LogP contribution in [0.2, 0.25) is 0 Å². The molecule has 76 valence electrons. The molecule has 1 aromatic carbocycles. The number of rotatable bonds is 1. The Morgan fingerprint density at radius 2 is 2.07 bits per heavy atom. The Kier molecular flexibility index (Phi) is 2.84. The minimum absolute atomic E-state index is 0.0750. The molecule has 1 aliphatic rings. The van der Waals surface area contributed by atoms with Crippen LogP contribution < -0.4 is 0 Å². The molecule has 1 aromatic rings. The second-order valence-electron chi connectivity index (χ2n) is 3.86. The number of hydrogen-bond acceptors (Lipinski definition) is 2. The highest BCUT2D eigenvalue weighted by Gasteiger charge is 2.18. The number of hydrogen-bond donors (Lipinski definition) is 0. The molecule has 0 saturated heterocycles. The first-order chi connectivity index (χ1) is 7.31. The van der Waals surface area contributed by atoms with Crippen LogP contribution in [0.1, 0.15) is 12.0 Å². The minimum Gasteiger partial charge on any atom is -0.288 e. The summed E-state index contributed by atoms with van der Waals surface area (Å²) in [5, 5.41) is 8.99. The molecule has 15 heavy (non-hydrogen) atoms. The largest absolute Gasteiger partial charge is 0.288 e. The predicted octanol–water partition coefficient (Wildman–Crippen LogP) is 2.30. The van der Waals surface area contributed by atoms with Gasteiger partial charge in [0.25, 0.3) is 0 Å². The molecule has 0 N–H and O–H groups in total. The quantitative estimate of drug-likeness (QED) is 0.692. The van der Waals surface area contributed by atoms with Gasteiger partial charge in [0.15, 0.2) is 0 Å². The van der Waals surface area contributed by atoms with Gasteiger partial charge < -0.3 is 0 Å². The highest BCUT2D eigenvalue weighted by molar-refractivity contribution is 5.67. The molecule has 0 saturated carbocycles. The molecule has 2 rings (SSSR count). The fraction of sp³-hybridized carbons (Fsp3) is 0.308. The van der Waals surface area contributed by atoms with Gasteiger partial charge in [-0.2, -0.15) is 5.26 Å². The Bertz CT molecular complexity index is 400. The van der Waals surface area contributed by atoms with Crippen LogP contribution in [0.4, 0.5) is 0 Å². The Morgan fingerprint density at radius 3 is 2.73 bits per heavy atom. The molecule has 0 aromatic heterocycles. The third-order valence-corrected chi connectivity index (χ3v) is 2.84. The lowest BCUT2D eigenvalue weighted by Gasteiger charge is -2.26. The van der Waals surface area contributed by atoms with Crippen LogP contribution in [0.3, 0.4) is 0 Å². The molecule has 0 fully saturated rings. The zero-order valence-electron chi connectivity index (χ0n) is 8.85. The lowest BCUT2D eigenvalue weighted by molar-refractivity contribution is 0.322. The monoisotopic (exact) mass is 198 g/mol. The fourth-order valence-corrected chi connectivity index (χ4v) is 1.87. The molecule has 1 unspecified atom stereocenters. The van der Waals surface area contributed by atoms with Gasteiger partial charge in [0, 0.05) is 6.54 Å². The van der Waals surface area contributed by atoms with E-state index >= 15 is 0 Å². The Hall–Kier alpha value is -1.59. The molecular weight excluding hydrogens is 184 g/mol. The zero-order chi connectivity index (χ0) is 10.7. The molecular formula is C13H14N2. The Morgan fingerprint density at radius 1 is 1.33 bits per heavy atom. The van der Waals surface area contributed by atoms with Gasteiger partial charge in [-0.15, -0.1) is 0 Å². The number of benzene rings is 1. The van der Waals surface area contributed by atoms with Gasteiger partial charge in [-0.25, -0.2) is 0 Å². The van der Waals surface area contributed by atoms with E-state index in [0.717, 1.165) is 13.0 Å². The van der Waals surface area contributed by atoms with Crippen LogP contribution in [0.15, 0.2) is 36.4 Å². The summed E-state index contributed by atoms with van der Waals surface area (Å²) in [5.74, 6) is 0. The summed E-state index contributed by atoms with van der Waals surface area (Å²) in [4.78, 5) is 2.08. The van der Waals surface area contributed by atoms with E-state index in [1.807, 2.05) is 25.2 Å². The van der Waals surface area contributed by atoms with Crippen molar-refractivity contribution < 1.29 is 0 Å². The summed E-state index contributed by atoms with van der Waals surface area (Å²) in [5.41, 5.74) is 2.53. The molecule has 1 heterocycles. The number of likely N-dealkylation sites (N-methyl/N-ethyl adjacent to an activating group) is 1. The van der Waals surface area contributed by atoms with E-state index in [4.69, 9.17) is 5.26 Å². The second-order valence-corrected chi connectivity index (χ2v) is 3.86. The molecule has 0 aliphatic carbocycles. The summed E-state index contributed by atoms with van der Waals surface area (Å²) in [6.07, 6.45) is 3.09. The van der Waals surface area contributed by atoms with Gasteiger partial charge >= 0.3 is 0 Å². The van der Waals surface area contributed by atoms with Crippen molar-refractivity contribution in [2.75, 3.05) is 13.6 Å². The highest BCUT2D eigenvalue weighted by atomic mass is 15.1. The highest BCUT2D eigenvalue weighted by Crippen LogP contribution is 2.23. The van der Waals surface area contributed by atoms with Gasteiger partial charge in [-0.1, -0.05) is 30.3 Å². The van der Waals surface area contributed by atoms with Crippen molar-refractivity contribution in [1.29, 1.82) is 5.26 Å². The van der Waals surface area contributed by atoms with E-state index in [1.165, 1.54) is 11.1 Å². The normalized spacial score (nSPS) is 21.9. The molecule has 0 radical (unpaired) electrons. The minimum atomic E-state index is -0.0750. The van der Waals surface area contributed by atoms with E-state index in [2.05, 4.69) is 29.2 Å². The topological polar surface area (TPSA) is 27.0 Å². The Labute approximate surface area is 90.4 Å². The molecule has 2 heteroatoms. The van der Waals surface area contributed by atoms with E-state index in [1.54, 1.807) is 0 Å². The first-order valence-electron chi connectivity index (χ1n) is 5.17. The van der Waals surface area contributed by atoms with Crippen LogP contribution in [0.5, 0.6) is 0 Å². The molecule has 1 aliphatic heterocycles. The van der Waals surface area contributed by atoms with Crippen molar-refractivity contribution in [2.24, 2.45) is 0 Å². The van der Waals surface area contributed by atoms with Gasteiger partial charge in [0.2, 0.25) is 0 Å². The average molecular weight is 198 g/mol. The van der Waals surface area contributed by atoms with Gasteiger partial charge in [0.1, 0.15) is 6.04 Å². The van der Waals surface area contributed by atoms with Crippen LogP contribution in [-0.4, -0.2) is 24.5 Å². The van der Waals surface area contributed by atoms with E-state index in [9.17, 15) is 0 Å². The second kappa shape index (κ2) is 4.29. The summed E-state index contributed by atoms with van der Waals surface area (Å²) in [6.45, 7) is 0.957. The van der Waals surface area contributed by atoms with Gasteiger partial charge in [-0.05, 0) is 30.7 Å². The van der Waals surface area contributed by atoms with Crippen LogP contribution in [0.25, 0.3) is 5.57 Å². The summed E-state index contributed by atoms with van der Waals surface area (Å²) >= 11 is 0. The maximum atomic E-state index is 8.99. The lowest BCUT2D eigenvalue weighted by Crippen LogP contribution is -2.33. The molecule has 0 amide bonds. The van der Waals surface area contributed by atoms with E-state index in [0.29, 0.717) is 0 Å². The van der Waals surface area contributed by atoms with Crippen molar-refractivity contribution in [2.45, 2.75) is 12.5 Å². The summed E-state index contributed by atoms with van der Waals surface area (Å²) in [7, 11) is 1.99. The first-order valence-corrected chi connectivity index (χ1v) is 5.17. The predicted molar refractivity (Wildman–Crippen MR) is 61.1 cm³/mol. The summed E-state index contributed by atoms with van der Waals surface area (Å²) < 4.78 is 0. The van der Waals surface area contributed by atoms with Crippen LogP contribution in [-0.2, 0) is 0 Å². The standard InChI is InChI=1S/C13H14N2/c1-15-8-7-12(9-13(15)10-14)11-5-3-2-4-6-11/h2-6,9,13H,7-8H2,1H3. The molecule has 0 bridgehead atoms. The van der Waals surface area contributed by atoms with Crippen molar-refractivity contribution in [3.63, 3.8) is 0 Å². The van der Waals surface area contributed by atoms with Crippen LogP contribution in [0, 0.1) is 11.3 Å². The SMILES string of the molecule is CN1CCC(c2ccccc2)=CC1C#N. The van der Waals surface area contributed by atoms with E-state index in [-0.39, 0.29) is 6.04 Å². The lowest BCUT2D eigenvalue weighted by atomic mass is 9.97. The Balaban J connectivity index is 2.29. The molecule has 1 atom stereocenters. The third kappa shape index (κ3) is 2.08. The maximum Gasteiger partial charge on any atom is 0.117 e.